The lowest BCUT2D eigenvalue weighted by Crippen LogP contribution is -2.30. The van der Waals surface area contributed by atoms with E-state index in [1.54, 1.807) is 0 Å². The Morgan fingerprint density at radius 1 is 1.57 bits per heavy atom. The Kier molecular flexibility index (Phi) is 2.31. The number of nitrogens with two attached hydrogens (primary N) is 1. The first-order valence-corrected chi connectivity index (χ1v) is 5.19. The van der Waals surface area contributed by atoms with Gasteiger partial charge in [-0.3, -0.25) is 0 Å². The van der Waals surface area contributed by atoms with E-state index in [1.165, 1.54) is 6.42 Å². The molecular weight excluding hydrogens is 178 g/mol. The Balaban J connectivity index is 2.09. The summed E-state index contributed by atoms with van der Waals surface area (Å²) in [5, 5.41) is 3.94. The fourth-order valence-electron chi connectivity index (χ4n) is 1.79. The molecule has 0 amide bonds. The van der Waals surface area contributed by atoms with E-state index >= 15 is 0 Å². The second kappa shape index (κ2) is 3.35. The van der Waals surface area contributed by atoms with E-state index in [0.717, 1.165) is 24.6 Å². The number of aromatic nitrogens is 2. The lowest BCUT2D eigenvalue weighted by atomic mass is 9.70. The van der Waals surface area contributed by atoms with Gasteiger partial charge in [0.25, 0.3) is 0 Å². The summed E-state index contributed by atoms with van der Waals surface area (Å²) in [6.07, 6.45) is 4.28. The van der Waals surface area contributed by atoms with Crippen LogP contribution in [0.5, 0.6) is 0 Å². The molecule has 1 heterocycles. The van der Waals surface area contributed by atoms with Crippen LogP contribution in [0.3, 0.4) is 0 Å². The zero-order valence-electron chi connectivity index (χ0n) is 8.79. The normalized spacial score (nSPS) is 21.6. The van der Waals surface area contributed by atoms with Crippen LogP contribution in [0.15, 0.2) is 4.52 Å². The van der Waals surface area contributed by atoms with Crippen LogP contribution in [0.25, 0.3) is 0 Å². The minimum atomic E-state index is 0.0923. The minimum absolute atomic E-state index is 0.0923. The van der Waals surface area contributed by atoms with Gasteiger partial charge < -0.3 is 10.3 Å². The number of hydrogen-bond acceptors (Lipinski definition) is 4. The largest absolute Gasteiger partial charge is 0.339 e. The molecule has 1 aromatic heterocycles. The zero-order valence-corrected chi connectivity index (χ0v) is 8.79. The average Bonchev–Trinajstić information content (AvgIpc) is 2.47. The van der Waals surface area contributed by atoms with Crippen molar-refractivity contribution in [2.24, 2.45) is 5.73 Å². The van der Waals surface area contributed by atoms with Gasteiger partial charge >= 0.3 is 0 Å². The maximum absolute atomic E-state index is 5.67. The lowest BCUT2D eigenvalue weighted by Gasteiger charge is -2.34. The van der Waals surface area contributed by atoms with Crippen LogP contribution in [-0.4, -0.2) is 16.2 Å². The third-order valence-corrected chi connectivity index (χ3v) is 2.95. The van der Waals surface area contributed by atoms with Gasteiger partial charge in [-0.25, -0.2) is 0 Å². The van der Waals surface area contributed by atoms with Crippen molar-refractivity contribution in [2.75, 3.05) is 0 Å². The van der Waals surface area contributed by atoms with E-state index in [4.69, 9.17) is 10.3 Å². The molecule has 4 nitrogen and oxygen atoms in total. The van der Waals surface area contributed by atoms with E-state index in [1.807, 2.05) is 6.92 Å². The molecule has 0 aromatic carbocycles. The summed E-state index contributed by atoms with van der Waals surface area (Å²) in [6, 6.07) is 0.0923. The Hall–Kier alpha value is -0.900. The molecule has 0 spiro atoms. The molecule has 0 aliphatic heterocycles. The highest BCUT2D eigenvalue weighted by atomic mass is 16.5. The van der Waals surface area contributed by atoms with Gasteiger partial charge in [-0.15, -0.1) is 0 Å². The van der Waals surface area contributed by atoms with Crippen molar-refractivity contribution in [3.63, 3.8) is 0 Å². The van der Waals surface area contributed by atoms with E-state index in [2.05, 4.69) is 17.1 Å². The summed E-state index contributed by atoms with van der Waals surface area (Å²) in [7, 11) is 0. The van der Waals surface area contributed by atoms with Crippen molar-refractivity contribution in [1.82, 2.24) is 10.1 Å². The van der Waals surface area contributed by atoms with Crippen molar-refractivity contribution in [3.05, 3.63) is 11.7 Å². The van der Waals surface area contributed by atoms with Crippen molar-refractivity contribution in [2.45, 2.75) is 51.0 Å². The van der Waals surface area contributed by atoms with Crippen molar-refractivity contribution >= 4 is 0 Å². The molecule has 0 saturated heterocycles. The quantitative estimate of drug-likeness (QED) is 0.791. The SMILES string of the molecule is CC(N)Cc1noc(C2(C)CCC2)n1. The first kappa shape index (κ1) is 9.65. The highest BCUT2D eigenvalue weighted by molar-refractivity contribution is 5.08. The van der Waals surface area contributed by atoms with Crippen LogP contribution in [0.2, 0.25) is 0 Å². The molecule has 14 heavy (non-hydrogen) atoms. The number of nitrogens with zero attached hydrogens (tertiary/aromatic N) is 2. The standard InChI is InChI=1S/C10H17N3O/c1-7(11)6-8-12-9(14-13-8)10(2)4-3-5-10/h7H,3-6,11H2,1-2H3. The number of hydrogen-bond donors (Lipinski definition) is 1. The van der Waals surface area contributed by atoms with Gasteiger partial charge in [0.1, 0.15) is 0 Å². The summed E-state index contributed by atoms with van der Waals surface area (Å²) >= 11 is 0. The van der Waals surface area contributed by atoms with E-state index in [0.29, 0.717) is 6.42 Å². The van der Waals surface area contributed by atoms with Crippen LogP contribution < -0.4 is 5.73 Å². The lowest BCUT2D eigenvalue weighted by molar-refractivity contribution is 0.194. The second-order valence-electron chi connectivity index (χ2n) is 4.61. The van der Waals surface area contributed by atoms with Crippen LogP contribution in [0, 0.1) is 0 Å². The molecule has 1 saturated carbocycles. The minimum Gasteiger partial charge on any atom is -0.339 e. The highest BCUT2D eigenvalue weighted by Crippen LogP contribution is 2.42. The Morgan fingerprint density at radius 2 is 2.29 bits per heavy atom. The van der Waals surface area contributed by atoms with Crippen LogP contribution in [0.1, 0.15) is 44.8 Å². The molecule has 0 bridgehead atoms. The Morgan fingerprint density at radius 3 is 2.79 bits per heavy atom. The molecule has 1 aliphatic rings. The summed E-state index contributed by atoms with van der Waals surface area (Å²) in [6.45, 7) is 4.13. The smallest absolute Gasteiger partial charge is 0.232 e. The van der Waals surface area contributed by atoms with Gasteiger partial charge in [-0.2, -0.15) is 4.98 Å². The Bertz CT molecular complexity index is 315. The van der Waals surface area contributed by atoms with Gasteiger partial charge in [0, 0.05) is 17.9 Å². The highest BCUT2D eigenvalue weighted by Gasteiger charge is 2.38. The Labute approximate surface area is 83.9 Å². The summed E-state index contributed by atoms with van der Waals surface area (Å²) < 4.78 is 5.26. The summed E-state index contributed by atoms with van der Waals surface area (Å²) in [4.78, 5) is 4.39. The molecule has 2 rings (SSSR count). The van der Waals surface area contributed by atoms with Crippen LogP contribution >= 0.6 is 0 Å². The molecule has 78 valence electrons. The molecule has 1 aromatic rings. The molecule has 1 aliphatic carbocycles. The van der Waals surface area contributed by atoms with Gasteiger partial charge in [0.2, 0.25) is 5.89 Å². The van der Waals surface area contributed by atoms with E-state index in [9.17, 15) is 0 Å². The molecule has 1 atom stereocenters. The maximum Gasteiger partial charge on any atom is 0.232 e. The summed E-state index contributed by atoms with van der Waals surface area (Å²) in [5.74, 6) is 1.53. The predicted octanol–water partition coefficient (Wildman–Crippen LogP) is 1.40. The van der Waals surface area contributed by atoms with Crippen molar-refractivity contribution in [1.29, 1.82) is 0 Å². The van der Waals surface area contributed by atoms with Crippen molar-refractivity contribution < 1.29 is 4.52 Å². The fraction of sp³-hybridized carbons (Fsp3) is 0.800. The summed E-state index contributed by atoms with van der Waals surface area (Å²) in [5.41, 5.74) is 5.81. The first-order valence-electron chi connectivity index (χ1n) is 5.19. The third-order valence-electron chi connectivity index (χ3n) is 2.95. The van der Waals surface area contributed by atoms with Gasteiger partial charge in [-0.1, -0.05) is 18.5 Å². The predicted molar refractivity (Wildman–Crippen MR) is 52.9 cm³/mol. The average molecular weight is 195 g/mol. The van der Waals surface area contributed by atoms with Crippen LogP contribution in [-0.2, 0) is 11.8 Å². The zero-order chi connectivity index (χ0) is 10.2. The van der Waals surface area contributed by atoms with Crippen LogP contribution in [0.4, 0.5) is 0 Å². The van der Waals surface area contributed by atoms with E-state index < -0.39 is 0 Å². The number of rotatable bonds is 3. The molecule has 4 heteroatoms. The molecule has 0 radical (unpaired) electrons. The molecule has 1 fully saturated rings. The van der Waals surface area contributed by atoms with Gasteiger partial charge in [0.15, 0.2) is 5.82 Å². The monoisotopic (exact) mass is 195 g/mol. The fourth-order valence-corrected chi connectivity index (χ4v) is 1.79. The van der Waals surface area contributed by atoms with Crippen molar-refractivity contribution in [3.8, 4) is 0 Å². The third kappa shape index (κ3) is 1.66. The van der Waals surface area contributed by atoms with Gasteiger partial charge in [0.05, 0.1) is 0 Å². The first-order chi connectivity index (χ1) is 6.60. The van der Waals surface area contributed by atoms with E-state index in [-0.39, 0.29) is 11.5 Å². The maximum atomic E-state index is 5.67. The molecule has 1 unspecified atom stereocenters. The van der Waals surface area contributed by atoms with Gasteiger partial charge in [-0.05, 0) is 19.8 Å². The molecular formula is C10H17N3O. The molecule has 2 N–H and O–H groups in total. The topological polar surface area (TPSA) is 64.9 Å². The second-order valence-corrected chi connectivity index (χ2v) is 4.61.